The van der Waals surface area contributed by atoms with E-state index in [4.69, 9.17) is 9.29 Å². The summed E-state index contributed by atoms with van der Waals surface area (Å²) in [6.07, 6.45) is 0. The predicted octanol–water partition coefficient (Wildman–Crippen LogP) is 2.68. The van der Waals surface area contributed by atoms with Crippen molar-refractivity contribution in [2.24, 2.45) is 20.7 Å². The first kappa shape index (κ1) is 20.4. The molecule has 0 spiro atoms. The van der Waals surface area contributed by atoms with Crippen molar-refractivity contribution in [3.63, 3.8) is 0 Å². The number of benzene rings is 2. The molecule has 0 aromatic heterocycles. The van der Waals surface area contributed by atoms with Gasteiger partial charge < -0.3 is 9.84 Å². The van der Waals surface area contributed by atoms with E-state index in [1.165, 1.54) is 25.3 Å². The molecular formula is C13H12N4O8S2. The minimum Gasteiger partial charge on any atom is -0.504 e. The summed E-state index contributed by atoms with van der Waals surface area (Å²) in [5.41, 5.74) is -0.201. The van der Waals surface area contributed by atoms with Crippen molar-refractivity contribution in [1.29, 1.82) is 0 Å². The third kappa shape index (κ3) is 5.27. The lowest BCUT2D eigenvalue weighted by molar-refractivity contribution is 0.373. The second-order valence-corrected chi connectivity index (χ2v) is 7.63. The largest absolute Gasteiger partial charge is 0.504 e. The topological polar surface area (TPSA) is 188 Å². The Morgan fingerprint density at radius 2 is 1.56 bits per heavy atom. The molecule has 2 aromatic carbocycles. The van der Waals surface area contributed by atoms with Gasteiger partial charge in [0.25, 0.3) is 20.2 Å². The highest BCUT2D eigenvalue weighted by Gasteiger charge is 2.20. The average Bonchev–Trinajstić information content (AvgIpc) is 2.58. The van der Waals surface area contributed by atoms with Crippen molar-refractivity contribution in [3.8, 4) is 11.5 Å². The summed E-state index contributed by atoms with van der Waals surface area (Å²) < 4.78 is 67.9. The number of rotatable bonds is 6. The molecule has 0 amide bonds. The fourth-order valence-corrected chi connectivity index (χ4v) is 3.04. The minimum absolute atomic E-state index is 0.116. The maximum atomic E-state index is 11.4. The van der Waals surface area contributed by atoms with Gasteiger partial charge in [-0.05, 0) is 40.8 Å². The molecule has 0 aliphatic heterocycles. The van der Waals surface area contributed by atoms with Crippen LogP contribution in [0.15, 0.2) is 66.9 Å². The Labute approximate surface area is 153 Å². The lowest BCUT2D eigenvalue weighted by atomic mass is 10.3. The summed E-state index contributed by atoms with van der Waals surface area (Å²) in [6.45, 7) is 0. The SMILES string of the molecule is COc1cc(N=NN=Nc2ccc(S(=O)(=O)O)cc2S(=O)(=O)O)ccc1O. The third-order valence-corrected chi connectivity index (χ3v) is 4.76. The van der Waals surface area contributed by atoms with Crippen LogP contribution in [0.25, 0.3) is 0 Å². The molecule has 0 unspecified atom stereocenters. The highest BCUT2D eigenvalue weighted by Crippen LogP contribution is 2.30. The van der Waals surface area contributed by atoms with E-state index in [9.17, 15) is 26.5 Å². The number of aromatic hydroxyl groups is 1. The fourth-order valence-electron chi connectivity index (χ4n) is 1.81. The number of hydrogen-bond acceptors (Lipinski definition) is 8. The van der Waals surface area contributed by atoms with E-state index in [-0.39, 0.29) is 17.2 Å². The molecule has 0 heterocycles. The zero-order valence-electron chi connectivity index (χ0n) is 13.5. The number of hydrogen-bond donors (Lipinski definition) is 3. The Hall–Kier alpha value is -2.94. The quantitative estimate of drug-likeness (QED) is 0.364. The first-order chi connectivity index (χ1) is 12.5. The summed E-state index contributed by atoms with van der Waals surface area (Å²) in [6, 6.07) is 6.31. The molecule has 2 aromatic rings. The van der Waals surface area contributed by atoms with Crippen LogP contribution in [0.4, 0.5) is 11.4 Å². The molecule has 0 saturated carbocycles. The van der Waals surface area contributed by atoms with E-state index in [0.29, 0.717) is 6.07 Å². The van der Waals surface area contributed by atoms with Gasteiger partial charge in [-0.25, -0.2) is 0 Å². The molecule has 0 aliphatic carbocycles. The van der Waals surface area contributed by atoms with Gasteiger partial charge in [-0.3, -0.25) is 9.11 Å². The van der Waals surface area contributed by atoms with Crippen LogP contribution >= 0.6 is 0 Å². The molecule has 0 atom stereocenters. The predicted molar refractivity (Wildman–Crippen MR) is 89.8 cm³/mol. The van der Waals surface area contributed by atoms with Crippen LogP contribution in [0.1, 0.15) is 0 Å². The molecular weight excluding hydrogens is 404 g/mol. The van der Waals surface area contributed by atoms with Crippen LogP contribution in [0.2, 0.25) is 0 Å². The molecule has 12 nitrogen and oxygen atoms in total. The zero-order valence-corrected chi connectivity index (χ0v) is 15.1. The molecule has 14 heteroatoms. The van der Waals surface area contributed by atoms with Crippen molar-refractivity contribution >= 4 is 31.6 Å². The van der Waals surface area contributed by atoms with Crippen LogP contribution < -0.4 is 4.74 Å². The van der Waals surface area contributed by atoms with Crippen molar-refractivity contribution in [3.05, 3.63) is 36.4 Å². The van der Waals surface area contributed by atoms with Gasteiger partial charge in [-0.1, -0.05) is 0 Å². The monoisotopic (exact) mass is 416 g/mol. The Balaban J connectivity index is 2.34. The number of ether oxygens (including phenoxy) is 1. The van der Waals surface area contributed by atoms with Crippen molar-refractivity contribution < 1.29 is 35.8 Å². The minimum atomic E-state index is -4.87. The zero-order chi connectivity index (χ0) is 20.2. The summed E-state index contributed by atoms with van der Waals surface area (Å²) in [5.74, 6) is 0.0210. The van der Waals surface area contributed by atoms with Crippen LogP contribution in [0.3, 0.4) is 0 Å². The maximum Gasteiger partial charge on any atom is 0.296 e. The molecule has 0 saturated heterocycles. The number of phenolic OH excluding ortho intramolecular Hbond substituents is 1. The van der Waals surface area contributed by atoms with Gasteiger partial charge in [-0.2, -0.15) is 16.8 Å². The summed E-state index contributed by atoms with van der Waals surface area (Å²) in [5, 5.41) is 23.2. The standard InChI is InChI=1S/C13H12N4O8S2/c1-25-12-6-8(2-5-11(12)18)14-16-17-15-10-4-3-9(26(19,20)21)7-13(10)27(22,23)24/h2-7,18H,1H3,(H,19,20,21)(H,22,23,24). The van der Waals surface area contributed by atoms with Crippen LogP contribution in [-0.2, 0) is 20.2 Å². The second kappa shape index (κ2) is 7.75. The normalized spacial score (nSPS) is 12.7. The van der Waals surface area contributed by atoms with E-state index in [2.05, 4.69) is 20.7 Å². The van der Waals surface area contributed by atoms with E-state index in [1.807, 2.05) is 0 Å². The summed E-state index contributed by atoms with van der Waals surface area (Å²) in [4.78, 5) is -1.66. The number of phenols is 1. The van der Waals surface area contributed by atoms with Gasteiger partial charge in [0, 0.05) is 6.07 Å². The second-order valence-electron chi connectivity index (χ2n) is 4.81. The summed E-state index contributed by atoms with van der Waals surface area (Å²) >= 11 is 0. The van der Waals surface area contributed by atoms with Gasteiger partial charge >= 0.3 is 0 Å². The Bertz CT molecular complexity index is 1130. The molecule has 0 bridgehead atoms. The first-order valence-electron chi connectivity index (χ1n) is 6.80. The highest BCUT2D eigenvalue weighted by molar-refractivity contribution is 7.86. The van der Waals surface area contributed by atoms with E-state index in [0.717, 1.165) is 12.1 Å². The van der Waals surface area contributed by atoms with E-state index in [1.54, 1.807) is 0 Å². The molecule has 0 fully saturated rings. The van der Waals surface area contributed by atoms with Gasteiger partial charge in [0.05, 0.1) is 17.7 Å². The Morgan fingerprint density at radius 3 is 2.15 bits per heavy atom. The van der Waals surface area contributed by atoms with Crippen molar-refractivity contribution in [2.45, 2.75) is 9.79 Å². The molecule has 0 radical (unpaired) electrons. The molecule has 0 aliphatic rings. The number of methoxy groups -OCH3 is 1. The molecule has 3 N–H and O–H groups in total. The Morgan fingerprint density at radius 1 is 0.889 bits per heavy atom. The van der Waals surface area contributed by atoms with E-state index < -0.39 is 35.7 Å². The Kier molecular flexibility index (Phi) is 5.85. The number of nitrogens with zero attached hydrogens (tertiary/aromatic N) is 4. The maximum absolute atomic E-state index is 11.4. The third-order valence-electron chi connectivity index (χ3n) is 3.02. The molecule has 27 heavy (non-hydrogen) atoms. The van der Waals surface area contributed by atoms with Gasteiger partial charge in [0.1, 0.15) is 10.6 Å². The van der Waals surface area contributed by atoms with Crippen molar-refractivity contribution in [1.82, 2.24) is 0 Å². The van der Waals surface area contributed by atoms with E-state index >= 15 is 0 Å². The average molecular weight is 416 g/mol. The van der Waals surface area contributed by atoms with Crippen molar-refractivity contribution in [2.75, 3.05) is 7.11 Å². The lowest BCUT2D eigenvalue weighted by Crippen LogP contribution is -2.03. The first-order valence-corrected chi connectivity index (χ1v) is 9.68. The highest BCUT2D eigenvalue weighted by atomic mass is 32.2. The van der Waals surface area contributed by atoms with Crippen LogP contribution in [0, 0.1) is 0 Å². The van der Waals surface area contributed by atoms with Crippen LogP contribution in [-0.4, -0.2) is 38.2 Å². The summed E-state index contributed by atoms with van der Waals surface area (Å²) in [7, 11) is -8.22. The lowest BCUT2D eigenvalue weighted by Gasteiger charge is -2.03. The van der Waals surface area contributed by atoms with Gasteiger partial charge in [0.15, 0.2) is 11.5 Å². The fraction of sp³-hybridized carbons (Fsp3) is 0.0769. The van der Waals surface area contributed by atoms with Crippen LogP contribution in [0.5, 0.6) is 11.5 Å². The van der Waals surface area contributed by atoms with Gasteiger partial charge in [-0.15, -0.1) is 10.2 Å². The molecule has 2 rings (SSSR count). The molecule has 144 valence electrons. The smallest absolute Gasteiger partial charge is 0.296 e. The van der Waals surface area contributed by atoms with Gasteiger partial charge in [0.2, 0.25) is 0 Å².